The van der Waals surface area contributed by atoms with Gasteiger partial charge in [-0.15, -0.1) is 11.3 Å². The Kier molecular flexibility index (Phi) is 4.25. The van der Waals surface area contributed by atoms with Crippen LogP contribution in [0, 0.1) is 25.7 Å². The Labute approximate surface area is 169 Å². The van der Waals surface area contributed by atoms with Crippen molar-refractivity contribution < 1.29 is 4.79 Å². The van der Waals surface area contributed by atoms with Crippen LogP contribution in [0.2, 0.25) is 0 Å². The van der Waals surface area contributed by atoms with E-state index in [1.807, 2.05) is 25.1 Å². The highest BCUT2D eigenvalue weighted by Gasteiger charge is 2.47. The van der Waals surface area contributed by atoms with Crippen LogP contribution in [0.25, 0.3) is 10.2 Å². The van der Waals surface area contributed by atoms with Crippen LogP contribution in [0.1, 0.15) is 32.5 Å². The number of aromatic nitrogens is 1. The first-order valence-electron chi connectivity index (χ1n) is 9.93. The van der Waals surface area contributed by atoms with Gasteiger partial charge in [-0.25, -0.2) is 4.98 Å². The van der Waals surface area contributed by atoms with Gasteiger partial charge in [0, 0.05) is 37.2 Å². The predicted molar refractivity (Wildman–Crippen MR) is 114 cm³/mol. The Morgan fingerprint density at radius 2 is 1.93 bits per heavy atom. The third-order valence-electron chi connectivity index (χ3n) is 6.43. The van der Waals surface area contributed by atoms with Gasteiger partial charge in [-0.05, 0) is 56.1 Å². The molecule has 0 aliphatic carbocycles. The second kappa shape index (κ2) is 6.68. The molecule has 28 heavy (non-hydrogen) atoms. The number of thiazole rings is 1. The topological polar surface area (TPSA) is 36.4 Å². The van der Waals surface area contributed by atoms with Crippen LogP contribution in [0.15, 0.2) is 42.5 Å². The number of hydrogen-bond donors (Lipinski definition) is 0. The van der Waals surface area contributed by atoms with Crippen molar-refractivity contribution in [2.24, 2.45) is 11.8 Å². The Bertz CT molecular complexity index is 1060. The largest absolute Gasteiger partial charge is 0.338 e. The molecule has 0 unspecified atom stereocenters. The molecule has 5 rings (SSSR count). The SMILES string of the molecule is Cc1nc2ccc(C(=O)N3C[C@@H]4CN(C)[C@H](c5ccccc5C)[C@@H]4C3)cc2s1. The number of nitrogens with zero attached hydrogens (tertiary/aromatic N) is 3. The fraction of sp³-hybridized carbons (Fsp3) is 0.391. The molecule has 4 nitrogen and oxygen atoms in total. The Hall–Kier alpha value is -2.24. The molecular formula is C23H25N3OS. The molecule has 0 spiro atoms. The zero-order valence-corrected chi connectivity index (χ0v) is 17.4. The molecule has 1 aromatic heterocycles. The number of hydrogen-bond acceptors (Lipinski definition) is 4. The van der Waals surface area contributed by atoms with E-state index >= 15 is 0 Å². The van der Waals surface area contributed by atoms with Gasteiger partial charge in [-0.2, -0.15) is 0 Å². The third kappa shape index (κ3) is 2.85. The van der Waals surface area contributed by atoms with Gasteiger partial charge in [0.15, 0.2) is 0 Å². The molecule has 2 saturated heterocycles. The van der Waals surface area contributed by atoms with E-state index in [1.165, 1.54) is 11.1 Å². The van der Waals surface area contributed by atoms with E-state index in [0.29, 0.717) is 17.9 Å². The molecule has 3 heterocycles. The van der Waals surface area contributed by atoms with Crippen molar-refractivity contribution in [3.63, 3.8) is 0 Å². The van der Waals surface area contributed by atoms with Gasteiger partial charge >= 0.3 is 0 Å². The van der Waals surface area contributed by atoms with E-state index < -0.39 is 0 Å². The van der Waals surface area contributed by atoms with E-state index in [4.69, 9.17) is 0 Å². The quantitative estimate of drug-likeness (QED) is 0.654. The second-order valence-electron chi connectivity index (χ2n) is 8.29. The van der Waals surface area contributed by atoms with E-state index in [2.05, 4.69) is 53.0 Å². The van der Waals surface area contributed by atoms with Gasteiger partial charge in [0.2, 0.25) is 0 Å². The number of benzene rings is 2. The fourth-order valence-corrected chi connectivity index (χ4v) is 6.03. The summed E-state index contributed by atoms with van der Waals surface area (Å²) in [5, 5.41) is 1.04. The van der Waals surface area contributed by atoms with Gasteiger partial charge < -0.3 is 4.90 Å². The van der Waals surface area contributed by atoms with Gasteiger partial charge in [-0.3, -0.25) is 9.69 Å². The zero-order chi connectivity index (χ0) is 19.4. The predicted octanol–water partition coefficient (Wildman–Crippen LogP) is 4.29. The normalized spacial score (nSPS) is 24.8. The lowest BCUT2D eigenvalue weighted by atomic mass is 9.88. The van der Waals surface area contributed by atoms with Gasteiger partial charge in [-0.1, -0.05) is 24.3 Å². The molecule has 2 aromatic carbocycles. The van der Waals surface area contributed by atoms with Crippen molar-refractivity contribution in [2.45, 2.75) is 19.9 Å². The first-order chi connectivity index (χ1) is 13.5. The number of amides is 1. The zero-order valence-electron chi connectivity index (χ0n) is 16.6. The summed E-state index contributed by atoms with van der Waals surface area (Å²) in [6.45, 7) is 6.96. The summed E-state index contributed by atoms with van der Waals surface area (Å²) >= 11 is 1.65. The van der Waals surface area contributed by atoms with Crippen LogP contribution in [0.3, 0.4) is 0 Å². The molecule has 1 amide bonds. The van der Waals surface area contributed by atoms with E-state index in [9.17, 15) is 4.79 Å². The van der Waals surface area contributed by atoms with Crippen molar-refractivity contribution in [2.75, 3.05) is 26.7 Å². The molecule has 0 saturated carbocycles. The van der Waals surface area contributed by atoms with Crippen molar-refractivity contribution in [1.29, 1.82) is 0 Å². The minimum Gasteiger partial charge on any atom is -0.338 e. The summed E-state index contributed by atoms with van der Waals surface area (Å²) in [4.78, 5) is 22.3. The van der Waals surface area contributed by atoms with Crippen LogP contribution in [0.5, 0.6) is 0 Å². The molecule has 0 N–H and O–H groups in total. The standard InChI is InChI=1S/C23H25N3OS/c1-14-6-4-5-7-18(14)22-19-13-26(12-17(19)11-25(22)3)23(27)16-8-9-20-21(10-16)28-15(2)24-20/h4-10,17,19,22H,11-13H2,1-3H3/t17-,19+,22+/m0/s1. The number of fused-ring (bicyclic) bond motifs is 2. The van der Waals surface area contributed by atoms with Gasteiger partial charge in [0.25, 0.3) is 5.91 Å². The average molecular weight is 392 g/mol. The first-order valence-corrected chi connectivity index (χ1v) is 10.7. The van der Waals surface area contributed by atoms with Crippen molar-refractivity contribution >= 4 is 27.5 Å². The number of likely N-dealkylation sites (tertiary alicyclic amines) is 2. The van der Waals surface area contributed by atoms with Crippen LogP contribution in [0.4, 0.5) is 0 Å². The summed E-state index contributed by atoms with van der Waals surface area (Å²) < 4.78 is 1.10. The van der Waals surface area contributed by atoms with Gasteiger partial charge in [0.1, 0.15) is 0 Å². The number of carbonyl (C=O) groups excluding carboxylic acids is 1. The second-order valence-corrected chi connectivity index (χ2v) is 9.53. The molecule has 2 aliphatic heterocycles. The molecule has 2 aliphatic rings. The molecule has 144 valence electrons. The summed E-state index contributed by atoms with van der Waals surface area (Å²) in [6, 6.07) is 15.0. The highest BCUT2D eigenvalue weighted by Crippen LogP contribution is 2.45. The van der Waals surface area contributed by atoms with Crippen molar-refractivity contribution in [3.05, 3.63) is 64.2 Å². The lowest BCUT2D eigenvalue weighted by molar-refractivity contribution is 0.0768. The third-order valence-corrected chi connectivity index (χ3v) is 7.36. The minimum absolute atomic E-state index is 0.161. The van der Waals surface area contributed by atoms with Crippen LogP contribution < -0.4 is 0 Å². The summed E-state index contributed by atoms with van der Waals surface area (Å²) in [5.74, 6) is 1.21. The highest BCUT2D eigenvalue weighted by molar-refractivity contribution is 7.18. The van der Waals surface area contributed by atoms with E-state index in [-0.39, 0.29) is 5.91 Å². The van der Waals surface area contributed by atoms with Crippen LogP contribution >= 0.6 is 11.3 Å². The Balaban J connectivity index is 1.40. The Morgan fingerprint density at radius 1 is 1.11 bits per heavy atom. The molecule has 0 radical (unpaired) electrons. The number of aryl methyl sites for hydroxylation is 2. The minimum atomic E-state index is 0.161. The summed E-state index contributed by atoms with van der Waals surface area (Å²) in [7, 11) is 2.22. The molecule has 0 bridgehead atoms. The maximum Gasteiger partial charge on any atom is 0.253 e. The molecule has 2 fully saturated rings. The molecule has 3 aromatic rings. The molecular weight excluding hydrogens is 366 g/mol. The van der Waals surface area contributed by atoms with Crippen molar-refractivity contribution in [3.8, 4) is 0 Å². The van der Waals surface area contributed by atoms with Crippen LogP contribution in [-0.2, 0) is 0 Å². The fourth-order valence-electron chi connectivity index (χ4n) is 5.17. The van der Waals surface area contributed by atoms with E-state index in [0.717, 1.165) is 40.4 Å². The number of rotatable bonds is 2. The average Bonchev–Trinajstić information content (AvgIpc) is 3.32. The maximum absolute atomic E-state index is 13.2. The monoisotopic (exact) mass is 391 g/mol. The summed E-state index contributed by atoms with van der Waals surface area (Å²) in [6.07, 6.45) is 0. The molecule has 3 atom stereocenters. The lowest BCUT2D eigenvalue weighted by Crippen LogP contribution is -2.33. The Morgan fingerprint density at radius 3 is 2.75 bits per heavy atom. The van der Waals surface area contributed by atoms with Crippen LogP contribution in [-0.4, -0.2) is 47.4 Å². The summed E-state index contributed by atoms with van der Waals surface area (Å²) in [5.41, 5.74) is 4.53. The first kappa shape index (κ1) is 17.8. The molecule has 5 heteroatoms. The van der Waals surface area contributed by atoms with Crippen molar-refractivity contribution in [1.82, 2.24) is 14.8 Å². The highest BCUT2D eigenvalue weighted by atomic mass is 32.1. The number of carbonyl (C=O) groups is 1. The maximum atomic E-state index is 13.2. The van der Waals surface area contributed by atoms with Gasteiger partial charge in [0.05, 0.1) is 15.2 Å². The lowest BCUT2D eigenvalue weighted by Gasteiger charge is -2.28. The van der Waals surface area contributed by atoms with E-state index in [1.54, 1.807) is 11.3 Å². The smallest absolute Gasteiger partial charge is 0.253 e.